The van der Waals surface area contributed by atoms with Gasteiger partial charge in [0, 0.05) is 0 Å². The van der Waals surface area contributed by atoms with E-state index < -0.39 is 7.82 Å². The van der Waals surface area contributed by atoms with Crippen LogP contribution in [0.3, 0.4) is 0 Å². The van der Waals surface area contributed by atoms with Crippen molar-refractivity contribution in [2.45, 2.75) is 46.6 Å². The second kappa shape index (κ2) is 7.39. The summed E-state index contributed by atoms with van der Waals surface area (Å²) in [5, 5.41) is 0. The fourth-order valence-corrected chi connectivity index (χ4v) is 3.49. The molecule has 0 amide bonds. The summed E-state index contributed by atoms with van der Waals surface area (Å²) in [7, 11) is -3.45. The minimum Gasteiger partial charge on any atom is -0.287 e. The summed E-state index contributed by atoms with van der Waals surface area (Å²) in [6.45, 7) is 12.1. The van der Waals surface area contributed by atoms with E-state index in [1.54, 1.807) is 13.8 Å². The van der Waals surface area contributed by atoms with Crippen molar-refractivity contribution >= 4 is 7.82 Å². The molecule has 110 valence electrons. The zero-order valence-electron chi connectivity index (χ0n) is 12.3. The topological polar surface area (TPSA) is 44.8 Å². The van der Waals surface area contributed by atoms with Gasteiger partial charge in [-0.15, -0.1) is 0 Å². The molecule has 0 aliphatic heterocycles. The average Bonchev–Trinajstić information content (AvgIpc) is 2.32. The SMILES string of the molecule is C=C(C)[C@H]1CC=C(C)[C@H](OP(=O)(OCC)OCC)C1. The molecular weight excluding hydrogens is 263 g/mol. The maximum absolute atomic E-state index is 12.4. The number of phosphoric acid groups is 1. The Morgan fingerprint density at radius 2 is 2.00 bits per heavy atom. The van der Waals surface area contributed by atoms with Crippen LogP contribution in [0.15, 0.2) is 23.8 Å². The Kier molecular flexibility index (Phi) is 6.48. The summed E-state index contributed by atoms with van der Waals surface area (Å²) >= 11 is 0. The number of phosphoric ester groups is 1. The van der Waals surface area contributed by atoms with Gasteiger partial charge in [0.15, 0.2) is 0 Å². The third-order valence-electron chi connectivity index (χ3n) is 3.26. The minimum absolute atomic E-state index is 0.223. The molecular formula is C14H25O4P. The Balaban J connectivity index is 2.77. The van der Waals surface area contributed by atoms with Crippen molar-refractivity contribution in [3.63, 3.8) is 0 Å². The van der Waals surface area contributed by atoms with E-state index in [0.29, 0.717) is 19.1 Å². The number of rotatable bonds is 7. The third-order valence-corrected chi connectivity index (χ3v) is 4.92. The highest BCUT2D eigenvalue weighted by atomic mass is 31.2. The summed E-state index contributed by atoms with van der Waals surface area (Å²) < 4.78 is 28.4. The van der Waals surface area contributed by atoms with Crippen LogP contribution in [0.1, 0.15) is 40.5 Å². The first kappa shape index (κ1) is 16.6. The van der Waals surface area contributed by atoms with Crippen molar-refractivity contribution in [1.82, 2.24) is 0 Å². The normalized spacial score (nSPS) is 24.1. The molecule has 1 aliphatic carbocycles. The molecule has 0 aromatic heterocycles. The lowest BCUT2D eigenvalue weighted by molar-refractivity contribution is 0.0859. The van der Waals surface area contributed by atoms with Crippen LogP contribution in [-0.4, -0.2) is 19.3 Å². The molecule has 0 saturated heterocycles. The monoisotopic (exact) mass is 288 g/mol. The molecule has 1 aliphatic rings. The van der Waals surface area contributed by atoms with Crippen molar-refractivity contribution in [3.8, 4) is 0 Å². The van der Waals surface area contributed by atoms with Crippen molar-refractivity contribution in [2.75, 3.05) is 13.2 Å². The van der Waals surface area contributed by atoms with Crippen LogP contribution in [0.4, 0.5) is 0 Å². The number of hydrogen-bond donors (Lipinski definition) is 0. The van der Waals surface area contributed by atoms with Crippen molar-refractivity contribution < 1.29 is 18.1 Å². The summed E-state index contributed by atoms with van der Waals surface area (Å²) in [6, 6.07) is 0. The van der Waals surface area contributed by atoms with Gasteiger partial charge in [-0.05, 0) is 52.0 Å². The molecule has 0 fully saturated rings. The van der Waals surface area contributed by atoms with Gasteiger partial charge in [0.1, 0.15) is 0 Å². The summed E-state index contributed by atoms with van der Waals surface area (Å²) in [6.07, 6.45) is 3.64. The maximum atomic E-state index is 12.4. The number of hydrogen-bond acceptors (Lipinski definition) is 4. The average molecular weight is 288 g/mol. The molecule has 0 heterocycles. The van der Waals surface area contributed by atoms with Gasteiger partial charge in [-0.3, -0.25) is 13.6 Å². The molecule has 0 aromatic carbocycles. The zero-order chi connectivity index (χ0) is 14.5. The van der Waals surface area contributed by atoms with Gasteiger partial charge >= 0.3 is 7.82 Å². The largest absolute Gasteiger partial charge is 0.475 e. The predicted molar refractivity (Wildman–Crippen MR) is 77.0 cm³/mol. The molecule has 2 atom stereocenters. The standard InChI is InChI=1S/C14H25O4P/c1-6-16-19(15,17-7-2)18-14-10-13(11(3)4)9-8-12(14)5/h8,13-14H,3,6-7,9-10H2,1-2,4-5H3/t13-,14+/m0/s1. The molecule has 0 radical (unpaired) electrons. The highest BCUT2D eigenvalue weighted by molar-refractivity contribution is 7.48. The molecule has 5 heteroatoms. The summed E-state index contributed by atoms with van der Waals surface area (Å²) in [4.78, 5) is 0. The second-order valence-electron chi connectivity index (χ2n) is 4.84. The van der Waals surface area contributed by atoms with E-state index in [-0.39, 0.29) is 6.10 Å². The van der Waals surface area contributed by atoms with Gasteiger partial charge in [-0.1, -0.05) is 18.2 Å². The molecule has 0 bridgehead atoms. The highest BCUT2D eigenvalue weighted by Crippen LogP contribution is 2.52. The van der Waals surface area contributed by atoms with Gasteiger partial charge in [-0.2, -0.15) is 0 Å². The fourth-order valence-electron chi connectivity index (χ4n) is 2.10. The lowest BCUT2D eigenvalue weighted by Gasteiger charge is -2.30. The first-order chi connectivity index (χ1) is 8.91. The Hall–Kier alpha value is -0.410. The lowest BCUT2D eigenvalue weighted by Crippen LogP contribution is -2.23. The van der Waals surface area contributed by atoms with Crippen LogP contribution in [-0.2, 0) is 18.1 Å². The van der Waals surface area contributed by atoms with E-state index in [2.05, 4.69) is 12.7 Å². The van der Waals surface area contributed by atoms with E-state index in [9.17, 15) is 4.57 Å². The summed E-state index contributed by atoms with van der Waals surface area (Å²) in [5.74, 6) is 0.366. The molecule has 0 aromatic rings. The fraction of sp³-hybridized carbons (Fsp3) is 0.714. The van der Waals surface area contributed by atoms with Gasteiger partial charge in [0.05, 0.1) is 19.3 Å². The lowest BCUT2D eigenvalue weighted by atomic mass is 9.84. The van der Waals surface area contributed by atoms with E-state index in [4.69, 9.17) is 13.6 Å². The van der Waals surface area contributed by atoms with Gasteiger partial charge in [-0.25, -0.2) is 4.57 Å². The Labute approximate surface area is 116 Å². The van der Waals surface area contributed by atoms with Crippen LogP contribution in [0, 0.1) is 5.92 Å². The van der Waals surface area contributed by atoms with Crippen LogP contribution in [0.25, 0.3) is 0 Å². The smallest absolute Gasteiger partial charge is 0.287 e. The van der Waals surface area contributed by atoms with Gasteiger partial charge in [0.25, 0.3) is 0 Å². The van der Waals surface area contributed by atoms with Crippen LogP contribution < -0.4 is 0 Å². The van der Waals surface area contributed by atoms with Crippen LogP contribution >= 0.6 is 7.82 Å². The van der Waals surface area contributed by atoms with Gasteiger partial charge in [0.2, 0.25) is 0 Å². The first-order valence-corrected chi connectivity index (χ1v) is 8.27. The minimum atomic E-state index is -3.45. The van der Waals surface area contributed by atoms with E-state index in [1.165, 1.54) is 0 Å². The second-order valence-corrected chi connectivity index (χ2v) is 6.46. The first-order valence-electron chi connectivity index (χ1n) is 6.81. The van der Waals surface area contributed by atoms with E-state index >= 15 is 0 Å². The quantitative estimate of drug-likeness (QED) is 0.511. The third kappa shape index (κ3) is 4.88. The zero-order valence-corrected chi connectivity index (χ0v) is 13.2. The van der Waals surface area contributed by atoms with Gasteiger partial charge < -0.3 is 0 Å². The highest BCUT2D eigenvalue weighted by Gasteiger charge is 2.33. The van der Waals surface area contributed by atoms with E-state index in [0.717, 1.165) is 24.0 Å². The van der Waals surface area contributed by atoms with E-state index in [1.807, 2.05) is 13.8 Å². The molecule has 0 saturated carbocycles. The number of allylic oxidation sites excluding steroid dienone is 2. The molecule has 1 rings (SSSR count). The Morgan fingerprint density at radius 1 is 1.42 bits per heavy atom. The van der Waals surface area contributed by atoms with Crippen molar-refractivity contribution in [2.24, 2.45) is 5.92 Å². The predicted octanol–water partition coefficient (Wildman–Crippen LogP) is 4.49. The summed E-state index contributed by atoms with van der Waals surface area (Å²) in [5.41, 5.74) is 2.21. The van der Waals surface area contributed by atoms with Crippen LogP contribution in [0.5, 0.6) is 0 Å². The molecule has 19 heavy (non-hydrogen) atoms. The van der Waals surface area contributed by atoms with Crippen LogP contribution in [0.2, 0.25) is 0 Å². The maximum Gasteiger partial charge on any atom is 0.475 e. The van der Waals surface area contributed by atoms with Crippen molar-refractivity contribution in [3.05, 3.63) is 23.8 Å². The molecule has 0 unspecified atom stereocenters. The molecule has 4 nitrogen and oxygen atoms in total. The molecule has 0 N–H and O–H groups in total. The van der Waals surface area contributed by atoms with Crippen molar-refractivity contribution in [1.29, 1.82) is 0 Å². The molecule has 0 spiro atoms. The Morgan fingerprint density at radius 3 is 2.47 bits per heavy atom. The Bertz CT molecular complexity index is 379.